The summed E-state index contributed by atoms with van der Waals surface area (Å²) in [7, 11) is 1.00. The molecule has 1 aromatic rings. The zero-order chi connectivity index (χ0) is 30.1. The lowest BCUT2D eigenvalue weighted by molar-refractivity contribution is -0.140. The molecule has 2 saturated carbocycles. The molecule has 6 rings (SSSR count). The molecule has 0 aromatic heterocycles. The van der Waals surface area contributed by atoms with Crippen LogP contribution in [-0.2, 0) is 20.7 Å². The van der Waals surface area contributed by atoms with Crippen molar-refractivity contribution in [2.45, 2.75) is 80.1 Å². The zero-order valence-corrected chi connectivity index (χ0v) is 26.3. The van der Waals surface area contributed by atoms with Crippen LogP contribution < -0.4 is 0 Å². The number of hydrogen-bond acceptors (Lipinski definition) is 5. The van der Waals surface area contributed by atoms with Gasteiger partial charge in [0.1, 0.15) is 5.75 Å². The molecule has 1 aromatic carbocycles. The second-order valence-corrected chi connectivity index (χ2v) is 13.6. The van der Waals surface area contributed by atoms with Gasteiger partial charge in [0.15, 0.2) is 0 Å². The molecular weight excluding hydrogens is 512 g/mol. The van der Waals surface area contributed by atoms with Gasteiger partial charge in [0, 0.05) is 19.4 Å². The Labute approximate surface area is 247 Å². The van der Waals surface area contributed by atoms with E-state index in [2.05, 4.69) is 68.9 Å². The van der Waals surface area contributed by atoms with Crippen molar-refractivity contribution in [3.8, 4) is 5.75 Å². The highest BCUT2D eigenvalue weighted by Crippen LogP contribution is 2.77. The molecule has 7 unspecified atom stereocenters. The molecule has 0 amide bonds. The van der Waals surface area contributed by atoms with E-state index in [-0.39, 0.29) is 16.8 Å². The second kappa shape index (κ2) is 12.1. The fourth-order valence-corrected chi connectivity index (χ4v) is 9.39. The largest absolute Gasteiger partial charge is 0.508 e. The van der Waals surface area contributed by atoms with Crippen LogP contribution in [-0.4, -0.2) is 43.1 Å². The van der Waals surface area contributed by atoms with Gasteiger partial charge < -0.3 is 19.7 Å². The Morgan fingerprint density at radius 3 is 2.46 bits per heavy atom. The van der Waals surface area contributed by atoms with Crippen LogP contribution >= 0.6 is 0 Å². The average molecular weight is 565 g/mol. The quantitative estimate of drug-likeness (QED) is 0.294. The number of aliphatic hydroxyl groups is 1. The number of aliphatic hydroxyl groups excluding tert-OH is 1. The molecule has 41 heavy (non-hydrogen) atoms. The van der Waals surface area contributed by atoms with Crippen LogP contribution in [0.3, 0.4) is 0 Å². The van der Waals surface area contributed by atoms with E-state index in [1.807, 2.05) is 12.1 Å². The van der Waals surface area contributed by atoms with Crippen molar-refractivity contribution >= 4 is 5.97 Å². The predicted molar refractivity (Wildman–Crippen MR) is 164 cm³/mol. The molecule has 4 aliphatic carbocycles. The summed E-state index contributed by atoms with van der Waals surface area (Å²) in [6.45, 7) is 15.3. The molecule has 0 saturated heterocycles. The average Bonchev–Trinajstić information content (AvgIpc) is 3.68. The molecule has 2 N–H and O–H groups in total. The van der Waals surface area contributed by atoms with Crippen molar-refractivity contribution in [2.75, 3.05) is 26.9 Å². The number of esters is 1. The number of carbonyl (C=O) groups excluding carboxylic acids is 1. The van der Waals surface area contributed by atoms with Gasteiger partial charge in [0.05, 0.1) is 19.8 Å². The van der Waals surface area contributed by atoms with E-state index in [1.54, 1.807) is 18.1 Å². The van der Waals surface area contributed by atoms with Crippen LogP contribution in [0.5, 0.6) is 5.75 Å². The molecule has 5 aliphatic rings. The first-order valence-electron chi connectivity index (χ1n) is 15.5. The fraction of sp³-hybridized carbons (Fsp3) is 0.639. The molecule has 0 radical (unpaired) electrons. The Bertz CT molecular complexity index is 1200. The lowest BCUT2D eigenvalue weighted by Crippen LogP contribution is -2.58. The summed E-state index contributed by atoms with van der Waals surface area (Å²) in [6.07, 6.45) is 17.3. The molecular formula is C36H52O5. The van der Waals surface area contributed by atoms with Gasteiger partial charge in [0.2, 0.25) is 0 Å². The molecule has 1 aliphatic heterocycles. The Hall–Kier alpha value is -2.37. The Kier molecular flexibility index (Phi) is 9.31. The lowest BCUT2D eigenvalue weighted by Gasteiger charge is -2.64. The van der Waals surface area contributed by atoms with Crippen LogP contribution in [0.1, 0.15) is 79.2 Å². The van der Waals surface area contributed by atoms with Crippen LogP contribution in [0.15, 0.2) is 59.7 Å². The highest BCUT2D eigenvalue weighted by atomic mass is 16.5. The van der Waals surface area contributed by atoms with E-state index < -0.39 is 0 Å². The van der Waals surface area contributed by atoms with Gasteiger partial charge in [-0.05, 0) is 104 Å². The number of carbonyl (C=O) groups is 1. The van der Waals surface area contributed by atoms with Gasteiger partial charge in [-0.25, -0.2) is 0 Å². The molecule has 5 heteroatoms. The van der Waals surface area contributed by atoms with Gasteiger partial charge in [-0.15, -0.1) is 0 Å². The summed E-state index contributed by atoms with van der Waals surface area (Å²) in [5, 5.41) is 17.4. The first-order chi connectivity index (χ1) is 19.5. The summed E-state index contributed by atoms with van der Waals surface area (Å²) >= 11 is 0. The number of ether oxygens (including phenoxy) is 2. The fourth-order valence-electron chi connectivity index (χ4n) is 9.39. The van der Waals surface area contributed by atoms with Crippen LogP contribution in [0.25, 0.3) is 0 Å². The van der Waals surface area contributed by atoms with Crippen LogP contribution in [0, 0.1) is 39.4 Å². The first kappa shape index (κ1) is 31.6. The number of para-hydroxylation sites is 1. The standard InChI is InChI=1S/C31H40O2.C4H8O2.CH4O/c1-21-18-23-19-31(23)26(29(21,3)15-11-22-8-5-6-9-24(22)32)13-16-30(4)25-10-7-17-33-20-28(25,2)14-12-27(30)31;1-3-6-4(2)5;1-2/h5-10,18-19,25-27,32H,11-17,20H2,1-4H3;3H2,1-2H3;2H,1H3. The van der Waals surface area contributed by atoms with E-state index in [9.17, 15) is 9.90 Å². The minimum atomic E-state index is -0.211. The lowest BCUT2D eigenvalue weighted by atomic mass is 9.39. The summed E-state index contributed by atoms with van der Waals surface area (Å²) in [5.74, 6) is 2.26. The number of rotatable bonds is 4. The Morgan fingerprint density at radius 1 is 1.10 bits per heavy atom. The summed E-state index contributed by atoms with van der Waals surface area (Å²) < 4.78 is 10.4. The molecule has 1 spiro atoms. The van der Waals surface area contributed by atoms with Gasteiger partial charge in [-0.1, -0.05) is 68.8 Å². The third-order valence-corrected chi connectivity index (χ3v) is 11.5. The third-order valence-electron chi connectivity index (χ3n) is 11.5. The maximum absolute atomic E-state index is 10.4. The van der Waals surface area contributed by atoms with Gasteiger partial charge >= 0.3 is 5.97 Å². The Balaban J connectivity index is 0.000000433. The van der Waals surface area contributed by atoms with Gasteiger partial charge in [-0.2, -0.15) is 0 Å². The number of benzene rings is 1. The van der Waals surface area contributed by atoms with Crippen molar-refractivity contribution in [3.63, 3.8) is 0 Å². The summed E-state index contributed by atoms with van der Waals surface area (Å²) in [6, 6.07) is 7.90. The maximum atomic E-state index is 10.4. The number of aryl methyl sites for hydroxylation is 1. The number of fused-ring (bicyclic) bond motifs is 3. The van der Waals surface area contributed by atoms with E-state index in [0.717, 1.165) is 44.6 Å². The normalized spacial score (nSPS) is 37.9. The molecule has 2 fully saturated rings. The number of aromatic hydroxyl groups is 1. The third kappa shape index (κ3) is 5.45. The number of phenolic OH excluding ortho intramolecular Hbond substituents is 1. The Morgan fingerprint density at radius 2 is 1.80 bits per heavy atom. The van der Waals surface area contributed by atoms with Gasteiger partial charge in [-0.3, -0.25) is 4.79 Å². The first-order valence-corrected chi connectivity index (χ1v) is 15.5. The van der Waals surface area contributed by atoms with Crippen molar-refractivity contribution in [1.29, 1.82) is 0 Å². The molecule has 226 valence electrons. The molecule has 7 atom stereocenters. The highest BCUT2D eigenvalue weighted by molar-refractivity contribution is 5.65. The minimum Gasteiger partial charge on any atom is -0.508 e. The number of hydrogen-bond donors (Lipinski definition) is 2. The van der Waals surface area contributed by atoms with E-state index in [0.29, 0.717) is 35.0 Å². The number of phenols is 1. The molecule has 1 heterocycles. The SMILES string of the molecule is CC1=CC2=CC23C(CCC2(C)C4C=CCOCC4(C)CCC23)C1(C)CCc1ccccc1O.CCOC(C)=O.CO. The van der Waals surface area contributed by atoms with Crippen LogP contribution in [0.2, 0.25) is 0 Å². The highest BCUT2D eigenvalue weighted by Gasteiger charge is 2.70. The zero-order valence-electron chi connectivity index (χ0n) is 26.3. The van der Waals surface area contributed by atoms with Crippen molar-refractivity contribution < 1.29 is 24.5 Å². The molecule has 5 nitrogen and oxygen atoms in total. The predicted octanol–water partition coefficient (Wildman–Crippen LogP) is 7.43. The smallest absolute Gasteiger partial charge is 0.302 e. The molecule has 0 bridgehead atoms. The van der Waals surface area contributed by atoms with E-state index >= 15 is 0 Å². The van der Waals surface area contributed by atoms with Crippen molar-refractivity contribution in [2.24, 2.45) is 39.4 Å². The maximum Gasteiger partial charge on any atom is 0.302 e. The van der Waals surface area contributed by atoms with E-state index in [1.165, 1.54) is 32.6 Å². The van der Waals surface area contributed by atoms with Gasteiger partial charge in [0.25, 0.3) is 0 Å². The van der Waals surface area contributed by atoms with Crippen LogP contribution in [0.4, 0.5) is 0 Å². The summed E-state index contributed by atoms with van der Waals surface area (Å²) in [4.78, 5) is 9.82. The monoisotopic (exact) mass is 564 g/mol. The van der Waals surface area contributed by atoms with Crippen molar-refractivity contribution in [1.82, 2.24) is 0 Å². The minimum absolute atomic E-state index is 0.184. The topological polar surface area (TPSA) is 76.0 Å². The van der Waals surface area contributed by atoms with E-state index in [4.69, 9.17) is 9.84 Å². The second-order valence-electron chi connectivity index (χ2n) is 13.6. The van der Waals surface area contributed by atoms with Crippen molar-refractivity contribution in [3.05, 3.63) is 65.3 Å². The summed E-state index contributed by atoms with van der Waals surface area (Å²) in [5.41, 5.74) is 5.36. The number of allylic oxidation sites excluding steroid dienone is 5.